The fraction of sp³-hybridized carbons (Fsp3) is 0.400. The molecule has 2 fully saturated rings. The Morgan fingerprint density at radius 3 is 2.77 bits per heavy atom. The van der Waals surface area contributed by atoms with Crippen LogP contribution >= 0.6 is 11.6 Å². The molecule has 4 rings (SSSR count). The van der Waals surface area contributed by atoms with Gasteiger partial charge >= 0.3 is 6.18 Å². The van der Waals surface area contributed by atoms with Crippen LogP contribution in [0.1, 0.15) is 23.5 Å². The first kappa shape index (κ1) is 20.9. The van der Waals surface area contributed by atoms with Gasteiger partial charge in [0.2, 0.25) is 11.8 Å². The SMILES string of the molecule is COc1cc([C@H]2[C@H]3O[C@H](C[C@@H]3O)[C@@H]2C(=O)Nc2ccc(C(F)(F)F)c(Cl)c2)ccn1. The van der Waals surface area contributed by atoms with Gasteiger partial charge in [0, 0.05) is 30.3 Å². The highest BCUT2D eigenvalue weighted by Gasteiger charge is 2.57. The van der Waals surface area contributed by atoms with Gasteiger partial charge in [0.15, 0.2) is 0 Å². The Kier molecular flexibility index (Phi) is 5.37. The molecule has 0 spiro atoms. The predicted octanol–water partition coefficient (Wildman–Crippen LogP) is 3.63. The molecule has 6 nitrogen and oxygen atoms in total. The molecule has 2 aromatic rings. The highest BCUT2D eigenvalue weighted by molar-refractivity contribution is 6.31. The van der Waals surface area contributed by atoms with Crippen molar-refractivity contribution in [3.8, 4) is 5.88 Å². The van der Waals surface area contributed by atoms with Crippen molar-refractivity contribution in [1.29, 1.82) is 0 Å². The van der Waals surface area contributed by atoms with Crippen LogP contribution in [0, 0.1) is 5.92 Å². The number of rotatable bonds is 4. The Morgan fingerprint density at radius 2 is 2.10 bits per heavy atom. The number of hydrogen-bond acceptors (Lipinski definition) is 5. The summed E-state index contributed by atoms with van der Waals surface area (Å²) in [6.45, 7) is 0. The minimum atomic E-state index is -4.58. The average Bonchev–Trinajstić information content (AvgIpc) is 3.24. The minimum absolute atomic E-state index is 0.146. The van der Waals surface area contributed by atoms with E-state index in [4.69, 9.17) is 21.1 Å². The number of halogens is 4. The number of anilines is 1. The molecule has 2 saturated heterocycles. The highest BCUT2D eigenvalue weighted by Crippen LogP contribution is 2.49. The van der Waals surface area contributed by atoms with E-state index in [-0.39, 0.29) is 5.69 Å². The lowest BCUT2D eigenvalue weighted by Gasteiger charge is -2.30. The van der Waals surface area contributed by atoms with Gasteiger partial charge in [0.05, 0.1) is 41.9 Å². The molecule has 160 valence electrons. The second-order valence-electron chi connectivity index (χ2n) is 7.31. The molecule has 0 aliphatic carbocycles. The van der Waals surface area contributed by atoms with Crippen molar-refractivity contribution in [2.75, 3.05) is 12.4 Å². The Balaban J connectivity index is 1.60. The summed E-state index contributed by atoms with van der Waals surface area (Å²) in [5, 5.41) is 12.4. The van der Waals surface area contributed by atoms with E-state index in [1.807, 2.05) is 0 Å². The lowest BCUT2D eigenvalue weighted by molar-refractivity contribution is -0.137. The maximum atomic E-state index is 13.1. The molecule has 2 aliphatic heterocycles. The number of methoxy groups -OCH3 is 1. The van der Waals surface area contributed by atoms with E-state index < -0.39 is 52.8 Å². The number of nitrogens with one attached hydrogen (secondary N) is 1. The third-order valence-electron chi connectivity index (χ3n) is 5.52. The monoisotopic (exact) mass is 442 g/mol. The van der Waals surface area contributed by atoms with Crippen LogP contribution in [0.5, 0.6) is 5.88 Å². The van der Waals surface area contributed by atoms with Gasteiger partial charge in [0.25, 0.3) is 0 Å². The summed E-state index contributed by atoms with van der Waals surface area (Å²) in [4.78, 5) is 17.1. The van der Waals surface area contributed by atoms with Gasteiger partial charge in [-0.1, -0.05) is 11.6 Å². The zero-order valence-electron chi connectivity index (χ0n) is 15.7. The third kappa shape index (κ3) is 3.73. The number of carbonyl (C=O) groups is 1. The first-order valence-electron chi connectivity index (χ1n) is 9.20. The standard InChI is InChI=1S/C20H18ClF3N2O4/c1-29-15-6-9(4-5-25-15)16-17(14-8-13(27)18(16)30-14)19(28)26-10-2-3-11(12(21)7-10)20(22,23)24/h2-7,13-14,16-18,27H,8H2,1H3,(H,26,28)/t13-,14+,16+,17-,18-/m0/s1. The third-order valence-corrected chi connectivity index (χ3v) is 5.84. The van der Waals surface area contributed by atoms with Gasteiger partial charge in [-0.25, -0.2) is 4.98 Å². The molecule has 10 heteroatoms. The van der Waals surface area contributed by atoms with Crippen molar-refractivity contribution >= 4 is 23.2 Å². The van der Waals surface area contributed by atoms with Gasteiger partial charge in [0.1, 0.15) is 0 Å². The first-order valence-corrected chi connectivity index (χ1v) is 9.58. The number of ether oxygens (including phenoxy) is 2. The number of alkyl halides is 3. The van der Waals surface area contributed by atoms with E-state index in [1.54, 1.807) is 12.1 Å². The Morgan fingerprint density at radius 1 is 1.33 bits per heavy atom. The first-order chi connectivity index (χ1) is 14.2. The molecule has 2 N–H and O–H groups in total. The molecule has 30 heavy (non-hydrogen) atoms. The van der Waals surface area contributed by atoms with Crippen LogP contribution in [0.3, 0.4) is 0 Å². The Labute approximate surface area is 175 Å². The number of aromatic nitrogens is 1. The minimum Gasteiger partial charge on any atom is -0.481 e. The number of aliphatic hydroxyl groups is 1. The average molecular weight is 443 g/mol. The number of hydrogen-bond donors (Lipinski definition) is 2. The smallest absolute Gasteiger partial charge is 0.417 e. The van der Waals surface area contributed by atoms with E-state index in [0.29, 0.717) is 12.3 Å². The summed E-state index contributed by atoms with van der Waals surface area (Å²) in [5.41, 5.74) is -0.110. The van der Waals surface area contributed by atoms with Crippen LogP contribution in [0.4, 0.5) is 18.9 Å². The number of carbonyl (C=O) groups excluding carboxylic acids is 1. The molecule has 0 saturated carbocycles. The summed E-state index contributed by atoms with van der Waals surface area (Å²) in [6, 6.07) is 6.44. The normalized spacial score (nSPS) is 27.9. The summed E-state index contributed by atoms with van der Waals surface area (Å²) in [5.74, 6) is -1.17. The van der Waals surface area contributed by atoms with Crippen LogP contribution in [-0.2, 0) is 15.7 Å². The quantitative estimate of drug-likeness (QED) is 0.755. The predicted molar refractivity (Wildman–Crippen MR) is 101 cm³/mol. The van der Waals surface area contributed by atoms with Crippen LogP contribution in [-0.4, -0.2) is 41.4 Å². The van der Waals surface area contributed by atoms with Crippen molar-refractivity contribution in [3.63, 3.8) is 0 Å². The number of pyridine rings is 1. The largest absolute Gasteiger partial charge is 0.481 e. The molecule has 1 aromatic heterocycles. The summed E-state index contributed by atoms with van der Waals surface area (Å²) < 4.78 is 49.7. The molecule has 0 radical (unpaired) electrons. The molecule has 0 unspecified atom stereocenters. The van der Waals surface area contributed by atoms with E-state index in [0.717, 1.165) is 23.8 Å². The zero-order valence-corrected chi connectivity index (χ0v) is 16.4. The molecule has 2 aliphatic rings. The second kappa shape index (κ2) is 7.72. The Hall–Kier alpha value is -2.36. The molecule has 1 aromatic carbocycles. The number of aliphatic hydroxyl groups excluding tert-OH is 1. The van der Waals surface area contributed by atoms with E-state index in [1.165, 1.54) is 13.3 Å². The second-order valence-corrected chi connectivity index (χ2v) is 7.71. The van der Waals surface area contributed by atoms with Gasteiger partial charge in [-0.05, 0) is 29.8 Å². The highest BCUT2D eigenvalue weighted by atomic mass is 35.5. The number of amides is 1. The maximum Gasteiger partial charge on any atom is 0.417 e. The molecule has 3 heterocycles. The summed E-state index contributed by atoms with van der Waals surface area (Å²) in [6.07, 6.45) is -4.55. The van der Waals surface area contributed by atoms with Crippen LogP contribution in [0.2, 0.25) is 5.02 Å². The van der Waals surface area contributed by atoms with E-state index in [9.17, 15) is 23.1 Å². The molecule has 1 amide bonds. The van der Waals surface area contributed by atoms with Gasteiger partial charge in [-0.15, -0.1) is 0 Å². The Bertz CT molecular complexity index is 971. The van der Waals surface area contributed by atoms with E-state index >= 15 is 0 Å². The van der Waals surface area contributed by atoms with E-state index in [2.05, 4.69) is 10.3 Å². The van der Waals surface area contributed by atoms with Crippen molar-refractivity contribution in [2.24, 2.45) is 5.92 Å². The fourth-order valence-electron chi connectivity index (χ4n) is 4.23. The zero-order chi connectivity index (χ0) is 21.6. The molecular weight excluding hydrogens is 425 g/mol. The molecule has 2 bridgehead atoms. The lowest BCUT2D eigenvalue weighted by Crippen LogP contribution is -2.41. The number of nitrogens with zero attached hydrogens (tertiary/aromatic N) is 1. The van der Waals surface area contributed by atoms with Gasteiger partial charge in [-0.3, -0.25) is 4.79 Å². The van der Waals surface area contributed by atoms with Crippen molar-refractivity contribution in [1.82, 2.24) is 4.98 Å². The number of fused-ring (bicyclic) bond motifs is 2. The summed E-state index contributed by atoms with van der Waals surface area (Å²) in [7, 11) is 1.47. The summed E-state index contributed by atoms with van der Waals surface area (Å²) >= 11 is 5.75. The fourth-order valence-corrected chi connectivity index (χ4v) is 4.52. The van der Waals surface area contributed by atoms with Crippen LogP contribution < -0.4 is 10.1 Å². The molecular formula is C20H18ClF3N2O4. The van der Waals surface area contributed by atoms with Crippen molar-refractivity contribution < 1.29 is 32.5 Å². The van der Waals surface area contributed by atoms with Crippen molar-refractivity contribution in [2.45, 2.75) is 36.8 Å². The maximum absolute atomic E-state index is 13.1. The van der Waals surface area contributed by atoms with Crippen LogP contribution in [0.15, 0.2) is 36.5 Å². The topological polar surface area (TPSA) is 80.7 Å². The van der Waals surface area contributed by atoms with Crippen molar-refractivity contribution in [3.05, 3.63) is 52.7 Å². The molecule has 5 atom stereocenters. The van der Waals surface area contributed by atoms with Crippen LogP contribution in [0.25, 0.3) is 0 Å². The van der Waals surface area contributed by atoms with Gasteiger partial charge < -0.3 is 19.9 Å². The van der Waals surface area contributed by atoms with Gasteiger partial charge in [-0.2, -0.15) is 13.2 Å². The lowest BCUT2D eigenvalue weighted by atomic mass is 9.74. The number of benzene rings is 1.